The lowest BCUT2D eigenvalue weighted by Crippen LogP contribution is -2.51. The minimum absolute atomic E-state index is 0.0325. The molecule has 0 unspecified atom stereocenters. The number of benzene rings is 1. The zero-order valence-corrected chi connectivity index (χ0v) is 16.5. The van der Waals surface area contributed by atoms with Crippen LogP contribution in [0.4, 0.5) is 0 Å². The van der Waals surface area contributed by atoms with Crippen molar-refractivity contribution in [2.24, 2.45) is 0 Å². The van der Waals surface area contributed by atoms with Gasteiger partial charge in [0, 0.05) is 44.3 Å². The molecule has 1 heterocycles. The molecule has 1 aromatic rings. The van der Waals surface area contributed by atoms with Crippen LogP contribution in [0.2, 0.25) is 5.02 Å². The van der Waals surface area contributed by atoms with E-state index in [0.29, 0.717) is 6.54 Å². The Bertz CT molecular complexity index is 586. The Morgan fingerprint density at radius 2 is 1.77 bits per heavy atom. The zero-order valence-electron chi connectivity index (χ0n) is 15.7. The van der Waals surface area contributed by atoms with E-state index in [4.69, 9.17) is 11.6 Å². The molecule has 7 heteroatoms. The third kappa shape index (κ3) is 6.94. The number of hydrogen-bond donors (Lipinski definition) is 1. The molecule has 1 N–H and O–H groups in total. The van der Waals surface area contributed by atoms with Gasteiger partial charge in [0.1, 0.15) is 0 Å². The van der Waals surface area contributed by atoms with Crippen molar-refractivity contribution in [1.29, 1.82) is 0 Å². The lowest BCUT2D eigenvalue weighted by molar-refractivity contribution is -0.134. The standard InChI is InChI=1S/C19H29ClN4O2/c1-3-8-21-18(25)14-22(2)15-19(26)24-11-9-23(10-12-24)13-16-4-6-17(20)7-5-16/h4-7H,3,8-15H2,1-2H3,(H,21,25). The molecule has 26 heavy (non-hydrogen) atoms. The van der Waals surface area contributed by atoms with Gasteiger partial charge in [-0.1, -0.05) is 30.7 Å². The van der Waals surface area contributed by atoms with E-state index in [2.05, 4.69) is 10.2 Å². The zero-order chi connectivity index (χ0) is 18.9. The molecule has 0 atom stereocenters. The Morgan fingerprint density at radius 3 is 2.38 bits per heavy atom. The fourth-order valence-electron chi connectivity index (χ4n) is 2.96. The second kappa shape index (κ2) is 10.5. The number of carbonyl (C=O) groups excluding carboxylic acids is 2. The summed E-state index contributed by atoms with van der Waals surface area (Å²) in [5.74, 6) is 0.0527. The van der Waals surface area contributed by atoms with E-state index in [1.165, 1.54) is 5.56 Å². The van der Waals surface area contributed by atoms with E-state index >= 15 is 0 Å². The lowest BCUT2D eigenvalue weighted by Gasteiger charge is -2.35. The van der Waals surface area contributed by atoms with E-state index < -0.39 is 0 Å². The summed E-state index contributed by atoms with van der Waals surface area (Å²) >= 11 is 5.92. The van der Waals surface area contributed by atoms with E-state index in [9.17, 15) is 9.59 Å². The first-order valence-corrected chi connectivity index (χ1v) is 9.55. The molecular weight excluding hydrogens is 352 g/mol. The van der Waals surface area contributed by atoms with Gasteiger partial charge < -0.3 is 10.2 Å². The van der Waals surface area contributed by atoms with Crippen molar-refractivity contribution in [3.8, 4) is 0 Å². The van der Waals surface area contributed by atoms with Crippen molar-refractivity contribution >= 4 is 23.4 Å². The van der Waals surface area contributed by atoms with Crippen LogP contribution in [-0.2, 0) is 16.1 Å². The van der Waals surface area contributed by atoms with Crippen molar-refractivity contribution < 1.29 is 9.59 Å². The van der Waals surface area contributed by atoms with Crippen LogP contribution in [0, 0.1) is 0 Å². The molecule has 1 aliphatic rings. The third-order valence-electron chi connectivity index (χ3n) is 4.44. The van der Waals surface area contributed by atoms with E-state index in [0.717, 1.165) is 44.2 Å². The SMILES string of the molecule is CCCNC(=O)CN(C)CC(=O)N1CCN(Cc2ccc(Cl)cc2)CC1. The molecule has 1 saturated heterocycles. The second-order valence-corrected chi connectivity index (χ2v) is 7.24. The van der Waals surface area contributed by atoms with Gasteiger partial charge in [0.2, 0.25) is 11.8 Å². The van der Waals surface area contributed by atoms with Crippen LogP contribution < -0.4 is 5.32 Å². The van der Waals surface area contributed by atoms with Crippen LogP contribution in [0.3, 0.4) is 0 Å². The fourth-order valence-corrected chi connectivity index (χ4v) is 3.08. The van der Waals surface area contributed by atoms with Crippen molar-refractivity contribution in [3.63, 3.8) is 0 Å². The van der Waals surface area contributed by atoms with E-state index in [1.807, 2.05) is 36.1 Å². The molecule has 0 radical (unpaired) electrons. The normalized spacial score (nSPS) is 15.3. The predicted molar refractivity (Wildman–Crippen MR) is 104 cm³/mol. The molecule has 2 amide bonds. The topological polar surface area (TPSA) is 55.9 Å². The maximum atomic E-state index is 12.4. The molecule has 1 fully saturated rings. The molecule has 6 nitrogen and oxygen atoms in total. The first kappa shape index (κ1) is 20.7. The van der Waals surface area contributed by atoms with Gasteiger partial charge in [-0.3, -0.25) is 19.4 Å². The van der Waals surface area contributed by atoms with Crippen LogP contribution >= 0.6 is 11.6 Å². The highest BCUT2D eigenvalue weighted by molar-refractivity contribution is 6.30. The quantitative estimate of drug-likeness (QED) is 0.741. The van der Waals surface area contributed by atoms with Gasteiger partial charge in [-0.25, -0.2) is 0 Å². The van der Waals surface area contributed by atoms with Crippen molar-refractivity contribution in [2.75, 3.05) is 52.9 Å². The Morgan fingerprint density at radius 1 is 1.12 bits per heavy atom. The van der Waals surface area contributed by atoms with Crippen molar-refractivity contribution in [1.82, 2.24) is 20.0 Å². The first-order chi connectivity index (χ1) is 12.5. The van der Waals surface area contributed by atoms with Gasteiger partial charge >= 0.3 is 0 Å². The molecule has 1 aromatic carbocycles. The summed E-state index contributed by atoms with van der Waals surface area (Å²) in [6.45, 7) is 7.25. The van der Waals surface area contributed by atoms with Crippen LogP contribution in [0.1, 0.15) is 18.9 Å². The summed E-state index contributed by atoms with van der Waals surface area (Å²) < 4.78 is 0. The molecule has 0 spiro atoms. The number of hydrogen-bond acceptors (Lipinski definition) is 4. The van der Waals surface area contributed by atoms with Crippen molar-refractivity contribution in [3.05, 3.63) is 34.9 Å². The Kier molecular flexibility index (Phi) is 8.35. The number of halogens is 1. The Labute approximate surface area is 161 Å². The minimum atomic E-state index is -0.0325. The molecular formula is C19H29ClN4O2. The number of likely N-dealkylation sites (N-methyl/N-ethyl adjacent to an activating group) is 1. The fraction of sp³-hybridized carbons (Fsp3) is 0.579. The number of piperazine rings is 1. The number of amides is 2. The largest absolute Gasteiger partial charge is 0.355 e. The molecule has 0 saturated carbocycles. The summed E-state index contributed by atoms with van der Waals surface area (Å²) in [4.78, 5) is 30.1. The van der Waals surface area contributed by atoms with Gasteiger partial charge in [-0.15, -0.1) is 0 Å². The predicted octanol–water partition coefficient (Wildman–Crippen LogP) is 1.44. The molecule has 144 valence electrons. The number of nitrogens with one attached hydrogen (secondary N) is 1. The molecule has 0 aromatic heterocycles. The van der Waals surface area contributed by atoms with E-state index in [1.54, 1.807) is 11.9 Å². The molecule has 0 bridgehead atoms. The average Bonchev–Trinajstić information content (AvgIpc) is 2.62. The first-order valence-electron chi connectivity index (χ1n) is 9.17. The van der Waals surface area contributed by atoms with Crippen LogP contribution in [0.15, 0.2) is 24.3 Å². The maximum Gasteiger partial charge on any atom is 0.236 e. The lowest BCUT2D eigenvalue weighted by atomic mass is 10.2. The highest BCUT2D eigenvalue weighted by atomic mass is 35.5. The van der Waals surface area contributed by atoms with Crippen molar-refractivity contribution in [2.45, 2.75) is 19.9 Å². The monoisotopic (exact) mass is 380 g/mol. The second-order valence-electron chi connectivity index (χ2n) is 6.81. The van der Waals surface area contributed by atoms with Crippen LogP contribution in [0.5, 0.6) is 0 Å². The maximum absolute atomic E-state index is 12.4. The van der Waals surface area contributed by atoms with Gasteiger partial charge in [-0.2, -0.15) is 0 Å². The number of rotatable bonds is 8. The van der Waals surface area contributed by atoms with E-state index in [-0.39, 0.29) is 24.9 Å². The highest BCUT2D eigenvalue weighted by Gasteiger charge is 2.22. The van der Waals surface area contributed by atoms with Gasteiger partial charge in [-0.05, 0) is 31.2 Å². The molecule has 2 rings (SSSR count). The number of nitrogens with zero attached hydrogens (tertiary/aromatic N) is 3. The summed E-state index contributed by atoms with van der Waals surface area (Å²) in [5.41, 5.74) is 1.23. The molecule has 0 aliphatic carbocycles. The Hall–Kier alpha value is -1.63. The van der Waals surface area contributed by atoms with Gasteiger partial charge in [0.05, 0.1) is 13.1 Å². The summed E-state index contributed by atoms with van der Waals surface area (Å²) in [6, 6.07) is 7.89. The molecule has 1 aliphatic heterocycles. The third-order valence-corrected chi connectivity index (χ3v) is 4.69. The highest BCUT2D eigenvalue weighted by Crippen LogP contribution is 2.13. The Balaban J connectivity index is 1.70. The van der Waals surface area contributed by atoms with Gasteiger partial charge in [0.25, 0.3) is 0 Å². The summed E-state index contributed by atoms with van der Waals surface area (Å²) in [7, 11) is 1.81. The van der Waals surface area contributed by atoms with Gasteiger partial charge in [0.15, 0.2) is 0 Å². The summed E-state index contributed by atoms with van der Waals surface area (Å²) in [5, 5.41) is 3.57. The smallest absolute Gasteiger partial charge is 0.236 e. The van der Waals surface area contributed by atoms with Crippen LogP contribution in [-0.4, -0.2) is 79.4 Å². The minimum Gasteiger partial charge on any atom is -0.355 e. The van der Waals surface area contributed by atoms with Crippen LogP contribution in [0.25, 0.3) is 0 Å². The average molecular weight is 381 g/mol. The summed E-state index contributed by atoms with van der Waals surface area (Å²) in [6.07, 6.45) is 0.911. The number of carbonyl (C=O) groups is 2.